The molecule has 1 N–H and O–H groups in total. The Kier molecular flexibility index (Phi) is 6.20. The van der Waals surface area contributed by atoms with Crippen LogP contribution in [0.2, 0.25) is 0 Å². The zero-order chi connectivity index (χ0) is 21.0. The molecule has 5 nitrogen and oxygen atoms in total. The van der Waals surface area contributed by atoms with Gasteiger partial charge in [0, 0.05) is 23.5 Å². The molecule has 0 aromatic heterocycles. The second-order valence-corrected chi connectivity index (χ2v) is 8.27. The van der Waals surface area contributed by atoms with E-state index in [9.17, 15) is 14.0 Å². The van der Waals surface area contributed by atoms with Gasteiger partial charge in [-0.2, -0.15) is 0 Å². The van der Waals surface area contributed by atoms with Crippen molar-refractivity contribution in [3.63, 3.8) is 0 Å². The highest BCUT2D eigenvalue weighted by atomic mass is 19.1. The highest BCUT2D eigenvalue weighted by molar-refractivity contribution is 6.00. The molecule has 6 heteroatoms. The van der Waals surface area contributed by atoms with E-state index in [4.69, 9.17) is 0 Å². The van der Waals surface area contributed by atoms with E-state index in [1.807, 2.05) is 45.0 Å². The lowest BCUT2D eigenvalue weighted by Crippen LogP contribution is -2.51. The summed E-state index contributed by atoms with van der Waals surface area (Å²) in [6.45, 7) is 6.20. The van der Waals surface area contributed by atoms with E-state index in [1.165, 1.54) is 12.1 Å². The summed E-state index contributed by atoms with van der Waals surface area (Å²) in [4.78, 5) is 29.1. The maximum atomic E-state index is 13.3. The number of halogens is 1. The van der Waals surface area contributed by atoms with Gasteiger partial charge in [-0.05, 0) is 75.9 Å². The summed E-state index contributed by atoms with van der Waals surface area (Å²) >= 11 is 0. The first-order valence-corrected chi connectivity index (χ1v) is 9.99. The molecule has 0 atom stereocenters. The van der Waals surface area contributed by atoms with Crippen LogP contribution in [-0.2, 0) is 11.2 Å². The van der Waals surface area contributed by atoms with Crippen molar-refractivity contribution in [3.05, 3.63) is 59.9 Å². The van der Waals surface area contributed by atoms with Crippen LogP contribution < -0.4 is 15.1 Å². The molecule has 0 radical (unpaired) electrons. The number of nitrogens with zero attached hydrogens (tertiary/aromatic N) is 2. The van der Waals surface area contributed by atoms with Crippen LogP contribution in [-0.4, -0.2) is 30.6 Å². The van der Waals surface area contributed by atoms with Gasteiger partial charge in [-0.15, -0.1) is 0 Å². The van der Waals surface area contributed by atoms with E-state index < -0.39 is 5.54 Å². The quantitative estimate of drug-likeness (QED) is 0.829. The molecular weight excluding hydrogens is 369 g/mol. The van der Waals surface area contributed by atoms with Crippen LogP contribution >= 0.6 is 0 Å². The monoisotopic (exact) mass is 397 g/mol. The van der Waals surface area contributed by atoms with E-state index in [-0.39, 0.29) is 24.3 Å². The number of amides is 3. The second kappa shape index (κ2) is 8.64. The van der Waals surface area contributed by atoms with Gasteiger partial charge < -0.3 is 10.2 Å². The minimum absolute atomic E-state index is 0.133. The van der Waals surface area contributed by atoms with E-state index in [1.54, 1.807) is 21.9 Å². The predicted molar refractivity (Wildman–Crippen MR) is 114 cm³/mol. The standard InChI is InChI=1S/C23H28FN3O2/c1-23(2,3)27(19-13-11-18(24)12-14-19)21(28)16-25-22(29)26-15-7-6-9-17-8-4-5-10-20(17)26/h4-5,8,10-14H,6-7,9,15-16H2,1-3H3,(H,25,29). The summed E-state index contributed by atoms with van der Waals surface area (Å²) in [5.74, 6) is -0.608. The highest BCUT2D eigenvalue weighted by Crippen LogP contribution is 2.27. The van der Waals surface area contributed by atoms with E-state index in [0.29, 0.717) is 12.2 Å². The number of rotatable bonds is 3. The molecule has 0 unspecified atom stereocenters. The first kappa shape index (κ1) is 20.8. The number of aryl methyl sites for hydroxylation is 1. The second-order valence-electron chi connectivity index (χ2n) is 8.27. The van der Waals surface area contributed by atoms with Crippen LogP contribution in [0, 0.1) is 5.82 Å². The van der Waals surface area contributed by atoms with Gasteiger partial charge in [-0.1, -0.05) is 18.2 Å². The number of anilines is 2. The zero-order valence-corrected chi connectivity index (χ0v) is 17.2. The molecule has 0 spiro atoms. The molecule has 3 rings (SSSR count). The molecule has 154 valence electrons. The molecule has 29 heavy (non-hydrogen) atoms. The lowest BCUT2D eigenvalue weighted by molar-refractivity contribution is -0.118. The average molecular weight is 397 g/mol. The number of hydrogen-bond acceptors (Lipinski definition) is 2. The molecule has 1 aliphatic heterocycles. The van der Waals surface area contributed by atoms with Crippen molar-refractivity contribution < 1.29 is 14.0 Å². The summed E-state index contributed by atoms with van der Waals surface area (Å²) in [7, 11) is 0. The van der Waals surface area contributed by atoms with Crippen LogP contribution in [0.1, 0.15) is 39.2 Å². The van der Waals surface area contributed by atoms with Crippen molar-refractivity contribution in [1.82, 2.24) is 5.32 Å². The molecule has 3 amide bonds. The molecular formula is C23H28FN3O2. The van der Waals surface area contributed by atoms with Gasteiger partial charge in [0.2, 0.25) is 5.91 Å². The summed E-state index contributed by atoms with van der Waals surface area (Å²) in [5.41, 5.74) is 2.13. The Bertz CT molecular complexity index is 874. The molecule has 0 fully saturated rings. The van der Waals surface area contributed by atoms with Crippen molar-refractivity contribution in [1.29, 1.82) is 0 Å². The van der Waals surface area contributed by atoms with Crippen LogP contribution in [0.3, 0.4) is 0 Å². The third-order valence-electron chi connectivity index (χ3n) is 5.00. The molecule has 0 saturated carbocycles. The molecule has 0 aliphatic carbocycles. The maximum absolute atomic E-state index is 13.3. The van der Waals surface area contributed by atoms with Crippen molar-refractivity contribution in [3.8, 4) is 0 Å². The fourth-order valence-corrected chi connectivity index (χ4v) is 3.72. The average Bonchev–Trinajstić information content (AvgIpc) is 2.89. The minimum atomic E-state index is -0.519. The van der Waals surface area contributed by atoms with Crippen LogP contribution in [0.5, 0.6) is 0 Å². The SMILES string of the molecule is CC(C)(C)N(C(=O)CNC(=O)N1CCCCc2ccccc21)c1ccc(F)cc1. The zero-order valence-electron chi connectivity index (χ0n) is 17.2. The lowest BCUT2D eigenvalue weighted by atomic mass is 10.0. The number of urea groups is 1. The van der Waals surface area contributed by atoms with Crippen molar-refractivity contribution in [2.75, 3.05) is 22.9 Å². The number of carbonyl (C=O) groups is 2. The van der Waals surface area contributed by atoms with Crippen LogP contribution in [0.25, 0.3) is 0 Å². The van der Waals surface area contributed by atoms with Gasteiger partial charge in [0.05, 0.1) is 6.54 Å². The Hall–Kier alpha value is -2.89. The van der Waals surface area contributed by atoms with Gasteiger partial charge in [0.1, 0.15) is 5.82 Å². The van der Waals surface area contributed by atoms with E-state index in [2.05, 4.69) is 5.32 Å². The Morgan fingerprint density at radius 3 is 2.45 bits per heavy atom. The highest BCUT2D eigenvalue weighted by Gasteiger charge is 2.29. The smallest absolute Gasteiger partial charge is 0.322 e. The molecule has 1 heterocycles. The van der Waals surface area contributed by atoms with Gasteiger partial charge in [-0.3, -0.25) is 9.69 Å². The minimum Gasteiger partial charge on any atom is -0.329 e. The third-order valence-corrected chi connectivity index (χ3v) is 5.00. The fourth-order valence-electron chi connectivity index (χ4n) is 3.72. The van der Waals surface area contributed by atoms with Gasteiger partial charge in [0.15, 0.2) is 0 Å². The van der Waals surface area contributed by atoms with E-state index in [0.717, 1.165) is 30.5 Å². The first-order valence-electron chi connectivity index (χ1n) is 9.99. The maximum Gasteiger partial charge on any atom is 0.322 e. The van der Waals surface area contributed by atoms with E-state index >= 15 is 0 Å². The Morgan fingerprint density at radius 2 is 1.76 bits per heavy atom. The topological polar surface area (TPSA) is 52.7 Å². The van der Waals surface area contributed by atoms with Gasteiger partial charge in [-0.25, -0.2) is 9.18 Å². The molecule has 0 bridgehead atoms. The molecule has 0 saturated heterocycles. The number of carbonyl (C=O) groups excluding carboxylic acids is 2. The summed E-state index contributed by atoms with van der Waals surface area (Å²) in [5, 5.41) is 2.78. The Morgan fingerprint density at radius 1 is 1.07 bits per heavy atom. The van der Waals surface area contributed by atoms with Crippen molar-refractivity contribution >= 4 is 23.3 Å². The largest absolute Gasteiger partial charge is 0.329 e. The Labute approximate surface area is 171 Å². The first-order chi connectivity index (χ1) is 13.8. The number of hydrogen-bond donors (Lipinski definition) is 1. The Balaban J connectivity index is 1.73. The third kappa shape index (κ3) is 4.94. The van der Waals surface area contributed by atoms with Gasteiger partial charge >= 0.3 is 6.03 Å². The van der Waals surface area contributed by atoms with Crippen LogP contribution in [0.15, 0.2) is 48.5 Å². The number of para-hydroxylation sites is 1. The number of benzene rings is 2. The van der Waals surface area contributed by atoms with Crippen LogP contribution in [0.4, 0.5) is 20.6 Å². The van der Waals surface area contributed by atoms with Crippen molar-refractivity contribution in [2.24, 2.45) is 0 Å². The normalized spacial score (nSPS) is 14.0. The summed E-state index contributed by atoms with van der Waals surface area (Å²) in [6.07, 6.45) is 2.89. The fraction of sp³-hybridized carbons (Fsp3) is 0.391. The number of fused-ring (bicyclic) bond motifs is 1. The van der Waals surface area contributed by atoms with Crippen molar-refractivity contribution in [2.45, 2.75) is 45.6 Å². The molecule has 2 aromatic carbocycles. The predicted octanol–water partition coefficient (Wildman–Crippen LogP) is 4.51. The summed E-state index contributed by atoms with van der Waals surface area (Å²) < 4.78 is 13.3. The lowest BCUT2D eigenvalue weighted by Gasteiger charge is -2.36. The van der Waals surface area contributed by atoms with Gasteiger partial charge in [0.25, 0.3) is 0 Å². The number of nitrogens with one attached hydrogen (secondary N) is 1. The molecule has 2 aromatic rings. The summed E-state index contributed by atoms with van der Waals surface area (Å²) in [6, 6.07) is 13.4. The molecule has 1 aliphatic rings.